The SMILES string of the molecule is Cc1ccc(-c2cccc(N3CCOCC3)c2)s1. The van der Waals surface area contributed by atoms with Gasteiger partial charge in [-0.25, -0.2) is 0 Å². The summed E-state index contributed by atoms with van der Waals surface area (Å²) >= 11 is 1.85. The third-order valence-electron chi connectivity index (χ3n) is 3.25. The second-order valence-electron chi connectivity index (χ2n) is 4.56. The minimum atomic E-state index is 0.836. The largest absolute Gasteiger partial charge is 0.378 e. The Morgan fingerprint density at radius 3 is 2.67 bits per heavy atom. The molecule has 1 aliphatic rings. The summed E-state index contributed by atoms with van der Waals surface area (Å²) in [5.74, 6) is 0. The first kappa shape index (κ1) is 11.8. The first-order valence-electron chi connectivity index (χ1n) is 6.32. The number of aryl methyl sites for hydroxylation is 1. The molecule has 0 unspecified atom stereocenters. The van der Waals surface area contributed by atoms with Crippen LogP contribution in [0.1, 0.15) is 4.88 Å². The molecule has 0 spiro atoms. The maximum Gasteiger partial charge on any atom is 0.0642 e. The standard InChI is InChI=1S/C15H17NOS/c1-12-5-6-15(18-12)13-3-2-4-14(11-13)16-7-9-17-10-8-16/h2-6,11H,7-10H2,1H3. The quantitative estimate of drug-likeness (QED) is 0.817. The van der Waals surface area contributed by atoms with Crippen LogP contribution in [0, 0.1) is 6.92 Å². The fraction of sp³-hybridized carbons (Fsp3) is 0.333. The van der Waals surface area contributed by atoms with E-state index >= 15 is 0 Å². The van der Waals surface area contributed by atoms with Gasteiger partial charge in [0.05, 0.1) is 13.2 Å². The Kier molecular flexibility index (Phi) is 3.35. The fourth-order valence-corrected chi connectivity index (χ4v) is 3.13. The number of morpholine rings is 1. The molecule has 0 saturated carbocycles. The zero-order chi connectivity index (χ0) is 12.4. The van der Waals surface area contributed by atoms with E-state index in [2.05, 4.69) is 48.2 Å². The van der Waals surface area contributed by atoms with Gasteiger partial charge in [0.15, 0.2) is 0 Å². The lowest BCUT2D eigenvalue weighted by Gasteiger charge is -2.29. The summed E-state index contributed by atoms with van der Waals surface area (Å²) < 4.78 is 5.40. The molecule has 18 heavy (non-hydrogen) atoms. The first-order chi connectivity index (χ1) is 8.83. The lowest BCUT2D eigenvalue weighted by molar-refractivity contribution is 0.122. The Morgan fingerprint density at radius 2 is 1.94 bits per heavy atom. The average molecular weight is 259 g/mol. The fourth-order valence-electron chi connectivity index (χ4n) is 2.27. The molecule has 1 aliphatic heterocycles. The lowest BCUT2D eigenvalue weighted by Crippen LogP contribution is -2.36. The molecule has 94 valence electrons. The van der Waals surface area contributed by atoms with Crippen molar-refractivity contribution >= 4 is 17.0 Å². The zero-order valence-electron chi connectivity index (χ0n) is 10.6. The Labute approximate surface area is 112 Å². The highest BCUT2D eigenvalue weighted by Gasteiger charge is 2.11. The van der Waals surface area contributed by atoms with Crippen molar-refractivity contribution in [1.29, 1.82) is 0 Å². The van der Waals surface area contributed by atoms with Crippen molar-refractivity contribution in [3.63, 3.8) is 0 Å². The van der Waals surface area contributed by atoms with E-state index in [1.807, 2.05) is 11.3 Å². The van der Waals surface area contributed by atoms with E-state index in [0.717, 1.165) is 26.3 Å². The number of hydrogen-bond donors (Lipinski definition) is 0. The second kappa shape index (κ2) is 5.12. The lowest BCUT2D eigenvalue weighted by atomic mass is 10.1. The van der Waals surface area contributed by atoms with Crippen molar-refractivity contribution in [2.45, 2.75) is 6.92 Å². The summed E-state index contributed by atoms with van der Waals surface area (Å²) in [6.07, 6.45) is 0. The van der Waals surface area contributed by atoms with Gasteiger partial charge in [-0.05, 0) is 36.8 Å². The number of thiophene rings is 1. The van der Waals surface area contributed by atoms with Gasteiger partial charge in [0.25, 0.3) is 0 Å². The van der Waals surface area contributed by atoms with Crippen LogP contribution in [-0.2, 0) is 4.74 Å². The molecule has 2 heterocycles. The molecule has 0 aliphatic carbocycles. The molecular weight excluding hydrogens is 242 g/mol. The second-order valence-corrected chi connectivity index (χ2v) is 5.85. The third kappa shape index (κ3) is 2.42. The molecule has 0 N–H and O–H groups in total. The predicted octanol–water partition coefficient (Wildman–Crippen LogP) is 3.56. The van der Waals surface area contributed by atoms with Crippen molar-refractivity contribution in [3.05, 3.63) is 41.3 Å². The Hall–Kier alpha value is -1.32. The summed E-state index contributed by atoms with van der Waals surface area (Å²) in [4.78, 5) is 5.11. The van der Waals surface area contributed by atoms with Crippen LogP contribution in [0.25, 0.3) is 10.4 Å². The monoisotopic (exact) mass is 259 g/mol. The van der Waals surface area contributed by atoms with Gasteiger partial charge in [-0.1, -0.05) is 12.1 Å². The van der Waals surface area contributed by atoms with Gasteiger partial charge in [-0.3, -0.25) is 0 Å². The highest BCUT2D eigenvalue weighted by Crippen LogP contribution is 2.30. The van der Waals surface area contributed by atoms with Crippen molar-refractivity contribution in [2.24, 2.45) is 0 Å². The Morgan fingerprint density at radius 1 is 1.11 bits per heavy atom. The van der Waals surface area contributed by atoms with Crippen LogP contribution in [0.3, 0.4) is 0 Å². The van der Waals surface area contributed by atoms with Gasteiger partial charge in [-0.15, -0.1) is 11.3 Å². The van der Waals surface area contributed by atoms with E-state index in [1.54, 1.807) is 0 Å². The van der Waals surface area contributed by atoms with Gasteiger partial charge in [0.1, 0.15) is 0 Å². The van der Waals surface area contributed by atoms with Gasteiger partial charge < -0.3 is 9.64 Å². The molecule has 1 aromatic carbocycles. The number of ether oxygens (including phenoxy) is 1. The molecule has 0 bridgehead atoms. The topological polar surface area (TPSA) is 12.5 Å². The molecule has 3 rings (SSSR count). The minimum Gasteiger partial charge on any atom is -0.378 e. The normalized spacial score (nSPS) is 15.9. The number of anilines is 1. The Balaban J connectivity index is 1.88. The van der Waals surface area contributed by atoms with Crippen molar-refractivity contribution < 1.29 is 4.74 Å². The molecular formula is C15H17NOS. The predicted molar refractivity (Wildman–Crippen MR) is 77.5 cm³/mol. The highest BCUT2D eigenvalue weighted by molar-refractivity contribution is 7.15. The first-order valence-corrected chi connectivity index (χ1v) is 7.14. The van der Waals surface area contributed by atoms with E-state index < -0.39 is 0 Å². The van der Waals surface area contributed by atoms with Crippen LogP contribution in [0.15, 0.2) is 36.4 Å². The van der Waals surface area contributed by atoms with E-state index in [0.29, 0.717) is 0 Å². The van der Waals surface area contributed by atoms with E-state index in [4.69, 9.17) is 4.74 Å². The van der Waals surface area contributed by atoms with Crippen LogP contribution in [0.2, 0.25) is 0 Å². The molecule has 3 heteroatoms. The van der Waals surface area contributed by atoms with Crippen LogP contribution >= 0.6 is 11.3 Å². The summed E-state index contributed by atoms with van der Waals surface area (Å²) in [6, 6.07) is 13.2. The summed E-state index contributed by atoms with van der Waals surface area (Å²) in [7, 11) is 0. The van der Waals surface area contributed by atoms with Crippen molar-refractivity contribution in [1.82, 2.24) is 0 Å². The molecule has 1 saturated heterocycles. The number of rotatable bonds is 2. The summed E-state index contributed by atoms with van der Waals surface area (Å²) in [6.45, 7) is 5.81. The summed E-state index contributed by atoms with van der Waals surface area (Å²) in [5, 5.41) is 0. The molecule has 0 radical (unpaired) electrons. The number of nitrogens with zero attached hydrogens (tertiary/aromatic N) is 1. The third-order valence-corrected chi connectivity index (χ3v) is 4.30. The van der Waals surface area contributed by atoms with E-state index in [1.165, 1.54) is 21.0 Å². The van der Waals surface area contributed by atoms with Gasteiger partial charge in [-0.2, -0.15) is 0 Å². The maximum atomic E-state index is 5.40. The zero-order valence-corrected chi connectivity index (χ0v) is 11.4. The smallest absolute Gasteiger partial charge is 0.0642 e. The molecule has 1 aromatic heterocycles. The van der Waals surface area contributed by atoms with Crippen LogP contribution < -0.4 is 4.90 Å². The van der Waals surface area contributed by atoms with Crippen LogP contribution in [0.5, 0.6) is 0 Å². The number of benzene rings is 1. The van der Waals surface area contributed by atoms with Crippen LogP contribution in [-0.4, -0.2) is 26.3 Å². The number of hydrogen-bond acceptors (Lipinski definition) is 3. The molecule has 2 nitrogen and oxygen atoms in total. The van der Waals surface area contributed by atoms with Gasteiger partial charge in [0.2, 0.25) is 0 Å². The van der Waals surface area contributed by atoms with Crippen molar-refractivity contribution in [2.75, 3.05) is 31.2 Å². The Bertz CT molecular complexity index is 529. The average Bonchev–Trinajstić information content (AvgIpc) is 2.87. The molecule has 1 fully saturated rings. The van der Waals surface area contributed by atoms with E-state index in [-0.39, 0.29) is 0 Å². The van der Waals surface area contributed by atoms with Gasteiger partial charge in [0, 0.05) is 28.5 Å². The minimum absolute atomic E-state index is 0.836. The molecule has 2 aromatic rings. The molecule has 0 atom stereocenters. The maximum absolute atomic E-state index is 5.40. The summed E-state index contributed by atoms with van der Waals surface area (Å²) in [5.41, 5.74) is 2.62. The van der Waals surface area contributed by atoms with Crippen LogP contribution in [0.4, 0.5) is 5.69 Å². The highest BCUT2D eigenvalue weighted by atomic mass is 32.1. The molecule has 0 amide bonds. The van der Waals surface area contributed by atoms with Crippen molar-refractivity contribution in [3.8, 4) is 10.4 Å². The van der Waals surface area contributed by atoms with Gasteiger partial charge >= 0.3 is 0 Å². The van der Waals surface area contributed by atoms with E-state index in [9.17, 15) is 0 Å².